The molecule has 258 valence electrons. The molecule has 0 saturated carbocycles. The van der Waals surface area contributed by atoms with Crippen LogP contribution in [0.2, 0.25) is 0 Å². The third kappa shape index (κ3) is 4.87. The van der Waals surface area contributed by atoms with E-state index in [1.54, 1.807) is 0 Å². The SMILES string of the molecule is c1ccc(-c2ccc3c(-c4ccc(N(c5ccccc5)c5ccc6c(c5)C5(c7ccccc7Cc7ccccc75)c5ccccc5-6)cc4)cccc3c2)cc1. The zero-order valence-electron chi connectivity index (χ0n) is 30.4. The average Bonchev–Trinajstić information content (AvgIpc) is 3.54. The van der Waals surface area contributed by atoms with Crippen LogP contribution in [0.1, 0.15) is 33.4 Å². The number of fused-ring (bicyclic) bond motifs is 10. The van der Waals surface area contributed by atoms with Gasteiger partial charge in [-0.3, -0.25) is 0 Å². The topological polar surface area (TPSA) is 3.24 Å². The molecule has 0 bridgehead atoms. The van der Waals surface area contributed by atoms with Crippen LogP contribution in [0.5, 0.6) is 0 Å². The number of para-hydroxylation sites is 1. The highest BCUT2D eigenvalue weighted by molar-refractivity contribution is 5.99. The van der Waals surface area contributed by atoms with Crippen LogP contribution in [-0.4, -0.2) is 0 Å². The molecule has 0 aromatic heterocycles. The molecule has 0 radical (unpaired) electrons. The van der Waals surface area contributed by atoms with Crippen LogP contribution >= 0.6 is 0 Å². The predicted octanol–water partition coefficient (Wildman–Crippen LogP) is 13.9. The van der Waals surface area contributed by atoms with E-state index in [9.17, 15) is 0 Å². The molecule has 1 nitrogen and oxygen atoms in total. The molecular formula is C54H37N. The van der Waals surface area contributed by atoms with E-state index in [4.69, 9.17) is 0 Å². The van der Waals surface area contributed by atoms with Crippen molar-refractivity contribution in [2.75, 3.05) is 4.90 Å². The van der Waals surface area contributed by atoms with Crippen molar-refractivity contribution >= 4 is 27.8 Å². The summed E-state index contributed by atoms with van der Waals surface area (Å²) in [5.41, 5.74) is 18.8. The van der Waals surface area contributed by atoms with Gasteiger partial charge in [0.2, 0.25) is 0 Å². The Morgan fingerprint density at radius 2 is 0.891 bits per heavy atom. The van der Waals surface area contributed by atoms with E-state index in [0.29, 0.717) is 0 Å². The maximum atomic E-state index is 2.48. The van der Waals surface area contributed by atoms with Crippen LogP contribution in [0, 0.1) is 0 Å². The van der Waals surface area contributed by atoms with E-state index in [0.717, 1.165) is 23.5 Å². The molecule has 1 heteroatoms. The second-order valence-electron chi connectivity index (χ2n) is 14.8. The summed E-state index contributed by atoms with van der Waals surface area (Å²) in [5, 5.41) is 2.50. The molecule has 9 aromatic carbocycles. The number of hydrogen-bond acceptors (Lipinski definition) is 1. The van der Waals surface area contributed by atoms with Gasteiger partial charge in [0, 0.05) is 17.1 Å². The normalized spacial score (nSPS) is 13.2. The Morgan fingerprint density at radius 3 is 1.64 bits per heavy atom. The first-order valence-electron chi connectivity index (χ1n) is 19.2. The summed E-state index contributed by atoms with van der Waals surface area (Å²) < 4.78 is 0. The molecule has 55 heavy (non-hydrogen) atoms. The molecular weight excluding hydrogens is 663 g/mol. The molecule has 11 rings (SSSR count). The third-order valence-corrected chi connectivity index (χ3v) is 11.9. The highest BCUT2D eigenvalue weighted by atomic mass is 15.1. The first-order chi connectivity index (χ1) is 27.3. The second-order valence-corrected chi connectivity index (χ2v) is 14.8. The quantitative estimate of drug-likeness (QED) is 0.173. The van der Waals surface area contributed by atoms with E-state index >= 15 is 0 Å². The van der Waals surface area contributed by atoms with Crippen molar-refractivity contribution in [3.05, 3.63) is 246 Å². The van der Waals surface area contributed by atoms with Crippen molar-refractivity contribution in [2.24, 2.45) is 0 Å². The highest BCUT2D eigenvalue weighted by Crippen LogP contribution is 2.60. The van der Waals surface area contributed by atoms with E-state index < -0.39 is 5.41 Å². The van der Waals surface area contributed by atoms with Gasteiger partial charge in [0.15, 0.2) is 0 Å². The van der Waals surface area contributed by atoms with Crippen LogP contribution in [-0.2, 0) is 11.8 Å². The Balaban J connectivity index is 1.06. The summed E-state index contributed by atoms with van der Waals surface area (Å²) >= 11 is 0. The molecule has 1 spiro atoms. The lowest BCUT2D eigenvalue weighted by molar-refractivity contribution is 0.722. The van der Waals surface area contributed by atoms with Gasteiger partial charge in [-0.25, -0.2) is 0 Å². The zero-order valence-corrected chi connectivity index (χ0v) is 30.4. The standard InChI is InChI=1S/C54H37N/c1-3-14-37(15-4-1)39-28-32-47-40(34-39)18-13-22-46(47)38-26-29-44(30-27-38)55(43-19-5-2-6-20-43)45-31-33-49-48-21-9-12-25-52(48)54(53(49)36-45)50-23-10-7-16-41(50)35-42-17-8-11-24-51(42)54/h1-34,36H,35H2. The zero-order chi connectivity index (χ0) is 36.3. The van der Waals surface area contributed by atoms with E-state index in [1.807, 2.05) is 0 Å². The minimum atomic E-state index is -0.408. The van der Waals surface area contributed by atoms with Crippen LogP contribution in [0.4, 0.5) is 17.1 Å². The van der Waals surface area contributed by atoms with Crippen molar-refractivity contribution in [3.63, 3.8) is 0 Å². The van der Waals surface area contributed by atoms with Crippen molar-refractivity contribution < 1.29 is 0 Å². The van der Waals surface area contributed by atoms with Gasteiger partial charge in [-0.1, -0.05) is 170 Å². The van der Waals surface area contributed by atoms with Crippen LogP contribution in [0.3, 0.4) is 0 Å². The van der Waals surface area contributed by atoms with Crippen LogP contribution in [0.25, 0.3) is 44.2 Å². The van der Waals surface area contributed by atoms with E-state index in [-0.39, 0.29) is 0 Å². The molecule has 0 atom stereocenters. The molecule has 0 aliphatic heterocycles. The second kappa shape index (κ2) is 12.6. The van der Waals surface area contributed by atoms with Gasteiger partial charge in [-0.2, -0.15) is 0 Å². The van der Waals surface area contributed by atoms with Gasteiger partial charge in [-0.05, 0) is 126 Å². The molecule has 2 aliphatic carbocycles. The number of hydrogen-bond donors (Lipinski definition) is 0. The fourth-order valence-electron chi connectivity index (χ4n) is 9.58. The van der Waals surface area contributed by atoms with Crippen molar-refractivity contribution in [2.45, 2.75) is 11.8 Å². The molecule has 0 saturated heterocycles. The molecule has 2 aliphatic rings. The summed E-state index contributed by atoms with van der Waals surface area (Å²) in [7, 11) is 0. The number of anilines is 3. The molecule has 0 amide bonds. The fourth-order valence-corrected chi connectivity index (χ4v) is 9.58. The van der Waals surface area contributed by atoms with Gasteiger partial charge in [0.1, 0.15) is 0 Å². The Morgan fingerprint density at radius 1 is 0.327 bits per heavy atom. The third-order valence-electron chi connectivity index (χ3n) is 11.9. The van der Waals surface area contributed by atoms with Crippen molar-refractivity contribution in [1.29, 1.82) is 0 Å². The van der Waals surface area contributed by atoms with Gasteiger partial charge >= 0.3 is 0 Å². The lowest BCUT2D eigenvalue weighted by atomic mass is 9.61. The Bertz CT molecular complexity index is 2840. The van der Waals surface area contributed by atoms with Crippen molar-refractivity contribution in [1.82, 2.24) is 0 Å². The molecule has 9 aromatic rings. The van der Waals surface area contributed by atoms with Gasteiger partial charge in [-0.15, -0.1) is 0 Å². The van der Waals surface area contributed by atoms with Crippen molar-refractivity contribution in [3.8, 4) is 33.4 Å². The maximum absolute atomic E-state index is 2.48. The number of nitrogens with zero attached hydrogens (tertiary/aromatic N) is 1. The Hall–Kier alpha value is -6.96. The fraction of sp³-hybridized carbons (Fsp3) is 0.0370. The first kappa shape index (κ1) is 31.6. The van der Waals surface area contributed by atoms with Gasteiger partial charge in [0.25, 0.3) is 0 Å². The van der Waals surface area contributed by atoms with Gasteiger partial charge < -0.3 is 4.90 Å². The molecule has 0 heterocycles. The lowest BCUT2D eigenvalue weighted by Gasteiger charge is -2.40. The van der Waals surface area contributed by atoms with E-state index in [1.165, 1.54) is 77.5 Å². The van der Waals surface area contributed by atoms with E-state index in [2.05, 4.69) is 217 Å². The lowest BCUT2D eigenvalue weighted by Crippen LogP contribution is -2.34. The smallest absolute Gasteiger partial charge is 0.0719 e. The minimum absolute atomic E-state index is 0.408. The Labute approximate surface area is 322 Å². The van der Waals surface area contributed by atoms with Crippen LogP contribution < -0.4 is 4.90 Å². The summed E-state index contributed by atoms with van der Waals surface area (Å²) in [6.45, 7) is 0. The monoisotopic (exact) mass is 699 g/mol. The maximum Gasteiger partial charge on any atom is 0.0719 e. The summed E-state index contributed by atoms with van der Waals surface area (Å²) in [5.74, 6) is 0. The first-order valence-corrected chi connectivity index (χ1v) is 19.2. The van der Waals surface area contributed by atoms with Crippen LogP contribution in [0.15, 0.2) is 212 Å². The average molecular weight is 700 g/mol. The molecule has 0 fully saturated rings. The highest BCUT2D eigenvalue weighted by Gasteiger charge is 2.49. The Kier molecular flexibility index (Phi) is 7.22. The predicted molar refractivity (Wildman–Crippen MR) is 230 cm³/mol. The van der Waals surface area contributed by atoms with Gasteiger partial charge in [0.05, 0.1) is 5.41 Å². The largest absolute Gasteiger partial charge is 0.310 e. The number of rotatable bonds is 5. The minimum Gasteiger partial charge on any atom is -0.310 e. The molecule has 0 N–H and O–H groups in total. The number of benzene rings is 9. The summed E-state index contributed by atoms with van der Waals surface area (Å²) in [4.78, 5) is 2.41. The summed E-state index contributed by atoms with van der Waals surface area (Å²) in [6.07, 6.45) is 0.943. The summed E-state index contributed by atoms with van der Waals surface area (Å²) in [6, 6.07) is 78.4. The molecule has 0 unspecified atom stereocenters.